The first kappa shape index (κ1) is 18.7. The Balaban J connectivity index is 1.25. The topological polar surface area (TPSA) is 69.0 Å². The van der Waals surface area contributed by atoms with E-state index >= 15 is 0 Å². The van der Waals surface area contributed by atoms with E-state index in [1.165, 1.54) is 14.6 Å². The Morgan fingerprint density at radius 1 is 1.28 bits per heavy atom. The number of aryl methyl sites for hydroxylation is 1. The smallest absolute Gasteiger partial charge is 0.239 e. The lowest BCUT2D eigenvalue weighted by molar-refractivity contribution is -0.117. The molecule has 0 saturated carbocycles. The Hall–Kier alpha value is -2.27. The number of likely N-dealkylation sites (tertiary alicyclic amines) is 1. The third kappa shape index (κ3) is 3.68. The van der Waals surface area contributed by atoms with Crippen molar-refractivity contribution in [1.29, 1.82) is 5.26 Å². The summed E-state index contributed by atoms with van der Waals surface area (Å²) in [6.45, 7) is 2.16. The second kappa shape index (κ2) is 7.86. The second-order valence-electron chi connectivity index (χ2n) is 7.82. The van der Waals surface area contributed by atoms with Gasteiger partial charge in [-0.25, -0.2) is 4.98 Å². The van der Waals surface area contributed by atoms with Gasteiger partial charge in [-0.1, -0.05) is 12.1 Å². The van der Waals surface area contributed by atoms with E-state index in [1.807, 2.05) is 6.07 Å². The van der Waals surface area contributed by atoms with Crippen LogP contribution in [0.1, 0.15) is 46.2 Å². The Bertz CT molecular complexity index is 1080. The van der Waals surface area contributed by atoms with Crippen LogP contribution in [0.5, 0.6) is 0 Å². The van der Waals surface area contributed by atoms with Gasteiger partial charge in [0.2, 0.25) is 5.91 Å². The fraction of sp³-hybridized carbons (Fsp3) is 0.409. The average Bonchev–Trinajstić information content (AvgIpc) is 3.42. The highest BCUT2D eigenvalue weighted by atomic mass is 32.1. The number of anilines is 1. The maximum Gasteiger partial charge on any atom is 0.239 e. The number of nitrogens with zero attached hydrogens (tertiary/aromatic N) is 3. The molecule has 7 heteroatoms. The number of hydrogen-bond donors (Lipinski definition) is 1. The van der Waals surface area contributed by atoms with Gasteiger partial charge >= 0.3 is 0 Å². The van der Waals surface area contributed by atoms with Crippen LogP contribution in [0.15, 0.2) is 24.3 Å². The third-order valence-electron chi connectivity index (χ3n) is 5.82. The number of carbonyl (C=O) groups excluding carboxylic acids is 1. The third-order valence-corrected chi connectivity index (χ3v) is 8.22. The number of benzene rings is 1. The van der Waals surface area contributed by atoms with Crippen LogP contribution < -0.4 is 5.32 Å². The number of nitrogens with one attached hydrogen (secondary N) is 1. The monoisotopic (exact) mass is 422 g/mol. The van der Waals surface area contributed by atoms with Crippen molar-refractivity contribution in [2.75, 3.05) is 25.0 Å². The molecular formula is C22H22N4OS2. The van der Waals surface area contributed by atoms with Gasteiger partial charge in [-0.3, -0.25) is 9.69 Å². The van der Waals surface area contributed by atoms with Crippen LogP contribution in [0.2, 0.25) is 0 Å². The summed E-state index contributed by atoms with van der Waals surface area (Å²) in [5, 5.41) is 14.4. The number of nitriles is 1. The number of aromatic nitrogens is 1. The summed E-state index contributed by atoms with van der Waals surface area (Å²) in [6, 6.07) is 10.6. The number of thiazole rings is 1. The molecule has 3 heterocycles. The summed E-state index contributed by atoms with van der Waals surface area (Å²) in [4.78, 5) is 21.0. The first-order valence-corrected chi connectivity index (χ1v) is 11.8. The van der Waals surface area contributed by atoms with Crippen molar-refractivity contribution in [1.82, 2.24) is 9.88 Å². The SMILES string of the molecule is N#Cc1c(NC(=O)CN2CCCC(c3nc4ccccc4s3)C2)sc2c1CCC2. The van der Waals surface area contributed by atoms with Crippen LogP contribution in [0.4, 0.5) is 5.00 Å². The molecule has 0 radical (unpaired) electrons. The molecule has 0 bridgehead atoms. The fourth-order valence-electron chi connectivity index (χ4n) is 4.45. The van der Waals surface area contributed by atoms with Crippen LogP contribution >= 0.6 is 22.7 Å². The number of amides is 1. The predicted octanol–water partition coefficient (Wildman–Crippen LogP) is 4.54. The first-order valence-electron chi connectivity index (χ1n) is 10.1. The Kier molecular flexibility index (Phi) is 5.08. The fourth-order valence-corrected chi connectivity index (χ4v) is 6.79. The maximum atomic E-state index is 12.7. The van der Waals surface area contributed by atoms with Gasteiger partial charge in [-0.2, -0.15) is 5.26 Å². The number of para-hydroxylation sites is 1. The summed E-state index contributed by atoms with van der Waals surface area (Å²) in [7, 11) is 0. The van der Waals surface area contributed by atoms with Gasteiger partial charge in [-0.15, -0.1) is 22.7 Å². The number of hydrogen-bond acceptors (Lipinski definition) is 6. The summed E-state index contributed by atoms with van der Waals surface area (Å²) in [5.41, 5.74) is 2.90. The molecule has 1 unspecified atom stereocenters. The van der Waals surface area contributed by atoms with Crippen molar-refractivity contribution in [2.24, 2.45) is 0 Å². The van der Waals surface area contributed by atoms with Gasteiger partial charge in [0.15, 0.2) is 0 Å². The number of rotatable bonds is 4. The number of fused-ring (bicyclic) bond motifs is 2. The minimum absolute atomic E-state index is 0.0219. The zero-order valence-corrected chi connectivity index (χ0v) is 17.7. The molecule has 2 aromatic heterocycles. The van der Waals surface area contributed by atoms with Crippen molar-refractivity contribution < 1.29 is 4.79 Å². The van der Waals surface area contributed by atoms with E-state index in [1.54, 1.807) is 22.7 Å². The van der Waals surface area contributed by atoms with Gasteiger partial charge in [0.05, 0.1) is 27.3 Å². The molecule has 29 heavy (non-hydrogen) atoms. The van der Waals surface area contributed by atoms with Crippen LogP contribution in [0, 0.1) is 11.3 Å². The number of piperidine rings is 1. The quantitative estimate of drug-likeness (QED) is 0.670. The molecule has 2 aliphatic rings. The summed E-state index contributed by atoms with van der Waals surface area (Å²) >= 11 is 3.35. The number of carbonyl (C=O) groups is 1. The van der Waals surface area contributed by atoms with E-state index in [2.05, 4.69) is 34.5 Å². The van der Waals surface area contributed by atoms with E-state index < -0.39 is 0 Å². The van der Waals surface area contributed by atoms with Crippen LogP contribution in [-0.2, 0) is 17.6 Å². The molecule has 3 aromatic rings. The van der Waals surface area contributed by atoms with Crippen molar-refractivity contribution in [3.63, 3.8) is 0 Å². The minimum atomic E-state index is -0.0219. The highest BCUT2D eigenvalue weighted by Crippen LogP contribution is 2.38. The van der Waals surface area contributed by atoms with Crippen LogP contribution in [0.3, 0.4) is 0 Å². The van der Waals surface area contributed by atoms with E-state index in [4.69, 9.17) is 4.98 Å². The van der Waals surface area contributed by atoms with E-state index in [-0.39, 0.29) is 5.91 Å². The molecule has 148 valence electrons. The lowest BCUT2D eigenvalue weighted by Crippen LogP contribution is -2.39. The van der Waals surface area contributed by atoms with Gasteiger partial charge in [0.25, 0.3) is 0 Å². The molecule has 1 atom stereocenters. The van der Waals surface area contributed by atoms with Crippen molar-refractivity contribution in [2.45, 2.75) is 38.0 Å². The van der Waals surface area contributed by atoms with Gasteiger partial charge < -0.3 is 5.32 Å². The van der Waals surface area contributed by atoms with E-state index in [0.29, 0.717) is 18.0 Å². The average molecular weight is 423 g/mol. The normalized spacial score (nSPS) is 19.2. The molecule has 1 fully saturated rings. The van der Waals surface area contributed by atoms with Gasteiger partial charge in [-0.05, 0) is 56.3 Å². The highest BCUT2D eigenvalue weighted by Gasteiger charge is 2.27. The van der Waals surface area contributed by atoms with Crippen LogP contribution in [0.25, 0.3) is 10.2 Å². The largest absolute Gasteiger partial charge is 0.315 e. The molecule has 1 aliphatic carbocycles. The Morgan fingerprint density at radius 2 is 2.17 bits per heavy atom. The van der Waals surface area contributed by atoms with E-state index in [0.717, 1.165) is 61.3 Å². The molecule has 1 amide bonds. The molecule has 1 saturated heterocycles. The molecule has 1 N–H and O–H groups in total. The summed E-state index contributed by atoms with van der Waals surface area (Å²) in [6.07, 6.45) is 5.30. The highest BCUT2D eigenvalue weighted by molar-refractivity contribution is 7.18. The van der Waals surface area contributed by atoms with Crippen LogP contribution in [-0.4, -0.2) is 35.4 Å². The van der Waals surface area contributed by atoms with Gasteiger partial charge in [0.1, 0.15) is 11.1 Å². The molecular weight excluding hydrogens is 400 g/mol. The first-order chi connectivity index (χ1) is 14.2. The zero-order chi connectivity index (χ0) is 19.8. The lowest BCUT2D eigenvalue weighted by atomic mass is 9.99. The van der Waals surface area contributed by atoms with Crippen molar-refractivity contribution in [3.8, 4) is 6.07 Å². The molecule has 1 aliphatic heterocycles. The summed E-state index contributed by atoms with van der Waals surface area (Å²) < 4.78 is 1.23. The van der Waals surface area contributed by atoms with E-state index in [9.17, 15) is 10.1 Å². The molecule has 0 spiro atoms. The maximum absolute atomic E-state index is 12.7. The zero-order valence-electron chi connectivity index (χ0n) is 16.1. The number of thiophene rings is 1. The standard InChI is InChI=1S/C22H22N4OS2/c23-11-16-15-6-3-9-18(15)28-22(16)25-20(27)13-26-10-4-5-14(12-26)21-24-17-7-1-2-8-19(17)29-21/h1-2,7-8,14H,3-6,9-10,12-13H2,(H,25,27). The summed E-state index contributed by atoms with van der Waals surface area (Å²) in [5.74, 6) is 0.362. The lowest BCUT2D eigenvalue weighted by Gasteiger charge is -2.31. The minimum Gasteiger partial charge on any atom is -0.315 e. The molecule has 1 aromatic carbocycles. The Labute approximate surface area is 178 Å². The van der Waals surface area contributed by atoms with Crippen molar-refractivity contribution >= 4 is 43.8 Å². The van der Waals surface area contributed by atoms with Gasteiger partial charge in [0, 0.05) is 17.3 Å². The molecule has 5 nitrogen and oxygen atoms in total. The van der Waals surface area contributed by atoms with Crippen molar-refractivity contribution in [3.05, 3.63) is 45.3 Å². The molecule has 5 rings (SSSR count). The Morgan fingerprint density at radius 3 is 3.03 bits per heavy atom. The second-order valence-corrected chi connectivity index (χ2v) is 9.98. The predicted molar refractivity (Wildman–Crippen MR) is 118 cm³/mol.